The molecule has 0 unspecified atom stereocenters. The zero-order valence-electron chi connectivity index (χ0n) is 12.9. The van der Waals surface area contributed by atoms with E-state index in [1.165, 1.54) is 0 Å². The molecule has 0 bridgehead atoms. The Bertz CT molecular complexity index is 601. The van der Waals surface area contributed by atoms with Crippen molar-refractivity contribution in [2.45, 2.75) is 26.9 Å². The fraction of sp³-hybridized carbons (Fsp3) is 0.538. The van der Waals surface area contributed by atoms with Crippen LogP contribution in [0.4, 0.5) is 0 Å². The summed E-state index contributed by atoms with van der Waals surface area (Å²) in [6, 6.07) is 0. The van der Waals surface area contributed by atoms with Crippen LogP contribution < -0.4 is 5.32 Å². The Labute approximate surface area is 128 Å². The van der Waals surface area contributed by atoms with Crippen LogP contribution in [0, 0.1) is 6.92 Å². The molecular weight excluding hydrogens is 286 g/mol. The van der Waals surface area contributed by atoms with Gasteiger partial charge in [-0.2, -0.15) is 0 Å². The molecule has 21 heavy (non-hydrogen) atoms. The molecule has 0 saturated carbocycles. The molecule has 0 aliphatic heterocycles. The van der Waals surface area contributed by atoms with Crippen molar-refractivity contribution in [1.29, 1.82) is 0 Å². The molecule has 0 aliphatic carbocycles. The van der Waals surface area contributed by atoms with Gasteiger partial charge < -0.3 is 14.8 Å². The summed E-state index contributed by atoms with van der Waals surface area (Å²) in [5.74, 6) is 1.68. The van der Waals surface area contributed by atoms with E-state index >= 15 is 0 Å². The van der Waals surface area contributed by atoms with Gasteiger partial charge in [0.25, 0.3) is 0 Å². The minimum absolute atomic E-state index is 0.499. The van der Waals surface area contributed by atoms with Crippen molar-refractivity contribution >= 4 is 17.3 Å². The van der Waals surface area contributed by atoms with E-state index in [0.717, 1.165) is 35.6 Å². The molecule has 0 radical (unpaired) electrons. The number of aliphatic imine (C=N–C) groups is 1. The van der Waals surface area contributed by atoms with Crippen LogP contribution in [0.3, 0.4) is 0 Å². The predicted octanol–water partition coefficient (Wildman–Crippen LogP) is 1.18. The van der Waals surface area contributed by atoms with E-state index in [4.69, 9.17) is 0 Å². The largest absolute Gasteiger partial charge is 0.357 e. The van der Waals surface area contributed by atoms with E-state index in [-0.39, 0.29) is 0 Å². The standard InChI is InChI=1S/C13H21N7S/c1-5-14-13(15-6-12-18-16-9-20(12)4)19(3)7-11-8-21-10(2)17-11/h8-9H,5-7H2,1-4H3,(H,14,15). The molecule has 8 heteroatoms. The van der Waals surface area contributed by atoms with Crippen LogP contribution in [0.1, 0.15) is 23.4 Å². The van der Waals surface area contributed by atoms with Crippen LogP contribution in [0.15, 0.2) is 16.7 Å². The van der Waals surface area contributed by atoms with Crippen LogP contribution in [0.25, 0.3) is 0 Å². The number of hydrogen-bond acceptors (Lipinski definition) is 5. The van der Waals surface area contributed by atoms with Gasteiger partial charge in [0.05, 0.1) is 17.2 Å². The third-order valence-corrected chi connectivity index (χ3v) is 3.76. The van der Waals surface area contributed by atoms with E-state index in [2.05, 4.69) is 42.7 Å². The van der Waals surface area contributed by atoms with Crippen LogP contribution >= 0.6 is 11.3 Å². The molecule has 2 aromatic rings. The highest BCUT2D eigenvalue weighted by molar-refractivity contribution is 7.09. The van der Waals surface area contributed by atoms with Crippen LogP contribution in [0.2, 0.25) is 0 Å². The van der Waals surface area contributed by atoms with Crippen molar-refractivity contribution in [2.24, 2.45) is 12.0 Å². The van der Waals surface area contributed by atoms with Gasteiger partial charge in [0.1, 0.15) is 12.9 Å². The summed E-state index contributed by atoms with van der Waals surface area (Å²) in [6.07, 6.45) is 1.68. The molecule has 0 aliphatic rings. The summed E-state index contributed by atoms with van der Waals surface area (Å²) in [7, 11) is 3.92. The first-order chi connectivity index (χ1) is 10.1. The number of nitrogens with one attached hydrogen (secondary N) is 1. The van der Waals surface area contributed by atoms with Gasteiger partial charge in [0, 0.05) is 26.0 Å². The predicted molar refractivity (Wildman–Crippen MR) is 84.1 cm³/mol. The highest BCUT2D eigenvalue weighted by atomic mass is 32.1. The van der Waals surface area contributed by atoms with Crippen molar-refractivity contribution in [3.8, 4) is 0 Å². The fourth-order valence-electron chi connectivity index (χ4n) is 1.86. The third kappa shape index (κ3) is 4.25. The molecule has 0 amide bonds. The Morgan fingerprint density at radius 3 is 2.90 bits per heavy atom. The lowest BCUT2D eigenvalue weighted by Crippen LogP contribution is -2.38. The zero-order chi connectivity index (χ0) is 15.2. The van der Waals surface area contributed by atoms with Gasteiger partial charge in [0.15, 0.2) is 11.8 Å². The Morgan fingerprint density at radius 2 is 2.33 bits per heavy atom. The van der Waals surface area contributed by atoms with Gasteiger partial charge >= 0.3 is 0 Å². The van der Waals surface area contributed by atoms with Gasteiger partial charge in [-0.05, 0) is 13.8 Å². The Morgan fingerprint density at radius 1 is 1.52 bits per heavy atom. The number of hydrogen-bond donors (Lipinski definition) is 1. The lowest BCUT2D eigenvalue weighted by atomic mass is 10.4. The third-order valence-electron chi connectivity index (χ3n) is 2.94. The highest BCUT2D eigenvalue weighted by Gasteiger charge is 2.09. The molecule has 0 aromatic carbocycles. The molecule has 114 valence electrons. The highest BCUT2D eigenvalue weighted by Crippen LogP contribution is 2.10. The van der Waals surface area contributed by atoms with Crippen LogP contribution in [-0.2, 0) is 20.1 Å². The SMILES string of the molecule is CCNC(=NCc1nncn1C)N(C)Cc1csc(C)n1. The van der Waals surface area contributed by atoms with Gasteiger partial charge in [-0.15, -0.1) is 21.5 Å². The summed E-state index contributed by atoms with van der Waals surface area (Å²) in [6.45, 7) is 6.12. The second kappa shape index (κ2) is 7.16. The number of guanidine groups is 1. The number of aromatic nitrogens is 4. The van der Waals surface area contributed by atoms with Crippen molar-refractivity contribution in [3.05, 3.63) is 28.2 Å². The Balaban J connectivity index is 2.04. The number of aryl methyl sites for hydroxylation is 2. The first-order valence-electron chi connectivity index (χ1n) is 6.83. The van der Waals surface area contributed by atoms with Gasteiger partial charge in [-0.3, -0.25) is 0 Å². The quantitative estimate of drug-likeness (QED) is 0.663. The lowest BCUT2D eigenvalue weighted by molar-refractivity contribution is 0.470. The number of thiazole rings is 1. The number of nitrogens with zero attached hydrogens (tertiary/aromatic N) is 6. The maximum absolute atomic E-state index is 4.60. The molecule has 2 aromatic heterocycles. The van der Waals surface area contributed by atoms with Crippen molar-refractivity contribution < 1.29 is 0 Å². The zero-order valence-corrected chi connectivity index (χ0v) is 13.7. The van der Waals surface area contributed by atoms with Gasteiger partial charge in [0.2, 0.25) is 0 Å². The minimum Gasteiger partial charge on any atom is -0.357 e. The molecule has 2 heterocycles. The fourth-order valence-corrected chi connectivity index (χ4v) is 2.47. The van der Waals surface area contributed by atoms with E-state index < -0.39 is 0 Å². The van der Waals surface area contributed by atoms with Gasteiger partial charge in [-0.25, -0.2) is 9.98 Å². The van der Waals surface area contributed by atoms with E-state index in [1.807, 2.05) is 25.6 Å². The first kappa shape index (κ1) is 15.4. The van der Waals surface area contributed by atoms with Crippen molar-refractivity contribution in [3.63, 3.8) is 0 Å². The van der Waals surface area contributed by atoms with Crippen LogP contribution in [0.5, 0.6) is 0 Å². The molecule has 0 saturated heterocycles. The smallest absolute Gasteiger partial charge is 0.194 e. The summed E-state index contributed by atoms with van der Waals surface area (Å²) >= 11 is 1.67. The second-order valence-electron chi connectivity index (χ2n) is 4.74. The molecule has 7 nitrogen and oxygen atoms in total. The average molecular weight is 307 g/mol. The summed E-state index contributed by atoms with van der Waals surface area (Å²) < 4.78 is 1.87. The van der Waals surface area contributed by atoms with Crippen molar-refractivity contribution in [2.75, 3.05) is 13.6 Å². The maximum atomic E-state index is 4.60. The topological polar surface area (TPSA) is 71.2 Å². The Hall–Kier alpha value is -1.96. The molecular formula is C13H21N7S. The molecule has 2 rings (SSSR count). The normalized spacial score (nSPS) is 11.7. The second-order valence-corrected chi connectivity index (χ2v) is 5.80. The molecule has 0 spiro atoms. The first-order valence-corrected chi connectivity index (χ1v) is 7.71. The van der Waals surface area contributed by atoms with Crippen molar-refractivity contribution in [1.82, 2.24) is 30.0 Å². The molecule has 1 N–H and O–H groups in total. The monoisotopic (exact) mass is 307 g/mol. The average Bonchev–Trinajstić information content (AvgIpc) is 3.03. The lowest BCUT2D eigenvalue weighted by Gasteiger charge is -2.21. The molecule has 0 fully saturated rings. The van der Waals surface area contributed by atoms with Gasteiger partial charge in [-0.1, -0.05) is 0 Å². The van der Waals surface area contributed by atoms with Crippen LogP contribution in [-0.4, -0.2) is 44.2 Å². The van der Waals surface area contributed by atoms with E-state index in [1.54, 1.807) is 17.7 Å². The minimum atomic E-state index is 0.499. The van der Waals surface area contributed by atoms with E-state index in [0.29, 0.717) is 6.54 Å². The summed E-state index contributed by atoms with van der Waals surface area (Å²) in [4.78, 5) is 11.2. The molecule has 0 atom stereocenters. The summed E-state index contributed by atoms with van der Waals surface area (Å²) in [5, 5.41) is 14.4. The number of rotatable bonds is 5. The van der Waals surface area contributed by atoms with E-state index in [9.17, 15) is 0 Å². The maximum Gasteiger partial charge on any atom is 0.194 e. The summed E-state index contributed by atoms with van der Waals surface area (Å²) in [5.41, 5.74) is 1.06. The Kier molecular flexibility index (Phi) is 5.26.